The molecule has 5 heteroatoms. The summed E-state index contributed by atoms with van der Waals surface area (Å²) < 4.78 is 0. The van der Waals surface area contributed by atoms with Crippen molar-refractivity contribution in [1.29, 1.82) is 0 Å². The van der Waals surface area contributed by atoms with E-state index in [1.54, 1.807) is 0 Å². The van der Waals surface area contributed by atoms with Gasteiger partial charge in [0.15, 0.2) is 0 Å². The Labute approximate surface area is 170 Å². The van der Waals surface area contributed by atoms with Crippen LogP contribution in [-0.2, 0) is 4.79 Å². The van der Waals surface area contributed by atoms with Crippen molar-refractivity contribution in [2.24, 2.45) is 23.2 Å². The molecule has 6 rings (SSSR count). The van der Waals surface area contributed by atoms with Crippen molar-refractivity contribution in [3.63, 3.8) is 0 Å². The van der Waals surface area contributed by atoms with Crippen LogP contribution in [0.5, 0.6) is 0 Å². The quantitative estimate of drug-likeness (QED) is 0.425. The summed E-state index contributed by atoms with van der Waals surface area (Å²) in [6.45, 7) is 4.07. The first-order valence-corrected chi connectivity index (χ1v) is 10.8. The maximum Gasteiger partial charge on any atom is 0.231 e. The monoisotopic (exact) mass is 411 g/mol. The van der Waals surface area contributed by atoms with E-state index < -0.39 is 5.41 Å². The number of benzene rings is 1. The summed E-state index contributed by atoms with van der Waals surface area (Å²) in [4.78, 5) is 15.3. The second kappa shape index (κ2) is 5.55. The van der Waals surface area contributed by atoms with Crippen LogP contribution in [0.15, 0.2) is 18.2 Å². The number of nitrogens with zero attached hydrogens (tertiary/aromatic N) is 1. The third-order valence-electron chi connectivity index (χ3n) is 7.49. The molecular weight excluding hydrogens is 389 g/mol. The summed E-state index contributed by atoms with van der Waals surface area (Å²) >= 11 is 19.8. The second-order valence-electron chi connectivity index (χ2n) is 9.59. The van der Waals surface area contributed by atoms with Crippen molar-refractivity contribution in [3.05, 3.63) is 33.8 Å². The van der Waals surface area contributed by atoms with E-state index in [2.05, 4.69) is 4.90 Å². The molecule has 5 fully saturated rings. The van der Waals surface area contributed by atoms with Gasteiger partial charge in [-0.3, -0.25) is 4.79 Å². The molecule has 140 valence electrons. The predicted octanol–water partition coefficient (Wildman–Crippen LogP) is 6.09. The Morgan fingerprint density at radius 1 is 1.08 bits per heavy atom. The third-order valence-corrected chi connectivity index (χ3v) is 8.79. The molecule has 1 aromatic rings. The second-order valence-corrected chi connectivity index (χ2v) is 11.2. The fraction of sp³-hybridized carbons (Fsp3) is 0.667. The van der Waals surface area contributed by atoms with Crippen molar-refractivity contribution in [2.45, 2.75) is 62.9 Å². The van der Waals surface area contributed by atoms with Crippen molar-refractivity contribution in [1.82, 2.24) is 4.90 Å². The zero-order valence-corrected chi connectivity index (χ0v) is 17.4. The largest absolute Gasteiger partial charge is 0.330 e. The third kappa shape index (κ3) is 2.28. The number of likely N-dealkylation sites (tertiary alicyclic amines) is 1. The van der Waals surface area contributed by atoms with Crippen LogP contribution in [0.1, 0.15) is 57.6 Å². The molecule has 4 aliphatic carbocycles. The minimum Gasteiger partial charge on any atom is -0.330 e. The zero-order chi connectivity index (χ0) is 18.4. The van der Waals surface area contributed by atoms with Gasteiger partial charge in [0.1, 0.15) is 0 Å². The normalized spacial score (nSPS) is 42.9. The van der Waals surface area contributed by atoms with Crippen LogP contribution < -0.4 is 0 Å². The minimum absolute atomic E-state index is 0.00463. The molecule has 5 aliphatic rings. The molecule has 1 saturated heterocycles. The summed E-state index contributed by atoms with van der Waals surface area (Å²) in [5.74, 6) is 2.05. The minimum atomic E-state index is -0.443. The van der Waals surface area contributed by atoms with Gasteiger partial charge < -0.3 is 4.90 Å². The Balaban J connectivity index is 1.54. The lowest BCUT2D eigenvalue weighted by molar-refractivity contribution is -0.190. The molecule has 1 aromatic carbocycles. The van der Waals surface area contributed by atoms with E-state index in [1.807, 2.05) is 32.0 Å². The maximum atomic E-state index is 13.2. The van der Waals surface area contributed by atoms with Gasteiger partial charge in [-0.2, -0.15) is 0 Å². The molecule has 0 radical (unpaired) electrons. The van der Waals surface area contributed by atoms with Crippen LogP contribution in [-0.4, -0.2) is 21.7 Å². The fourth-order valence-corrected chi connectivity index (χ4v) is 7.80. The molecular formula is C21H24Cl3NO. The van der Waals surface area contributed by atoms with Crippen LogP contribution in [0.3, 0.4) is 0 Å². The van der Waals surface area contributed by atoms with Gasteiger partial charge in [0.05, 0.1) is 21.5 Å². The Hall–Kier alpha value is -0.440. The van der Waals surface area contributed by atoms with Crippen LogP contribution in [0.4, 0.5) is 0 Å². The SMILES string of the molecule is CC1(C)C(=O)N([C@H]2C3CC4CC2C[C@@](Cl)(C4)C3)C1c1cccc(Cl)c1Cl. The lowest BCUT2D eigenvalue weighted by Crippen LogP contribution is -2.70. The molecule has 0 aromatic heterocycles. The van der Waals surface area contributed by atoms with Crippen molar-refractivity contribution >= 4 is 40.7 Å². The van der Waals surface area contributed by atoms with Gasteiger partial charge in [-0.05, 0) is 75.3 Å². The highest BCUT2D eigenvalue weighted by molar-refractivity contribution is 6.42. The lowest BCUT2D eigenvalue weighted by atomic mass is 9.52. The van der Waals surface area contributed by atoms with Crippen LogP contribution in [0.2, 0.25) is 10.0 Å². The summed E-state index contributed by atoms with van der Waals surface area (Å²) in [5, 5.41) is 1.14. The molecule has 1 heterocycles. The first kappa shape index (κ1) is 17.6. The van der Waals surface area contributed by atoms with Crippen LogP contribution in [0, 0.1) is 23.2 Å². The number of hydrogen-bond acceptors (Lipinski definition) is 1. The van der Waals surface area contributed by atoms with E-state index in [9.17, 15) is 4.79 Å². The molecule has 3 atom stereocenters. The number of carbonyl (C=O) groups is 1. The summed E-state index contributed by atoms with van der Waals surface area (Å²) in [5.41, 5.74) is 0.542. The zero-order valence-electron chi connectivity index (χ0n) is 15.1. The lowest BCUT2D eigenvalue weighted by Gasteiger charge is -2.66. The average Bonchev–Trinajstić information content (AvgIpc) is 2.55. The molecule has 3 unspecified atom stereocenters. The molecule has 26 heavy (non-hydrogen) atoms. The molecule has 0 spiro atoms. The van der Waals surface area contributed by atoms with Crippen molar-refractivity contribution in [2.75, 3.05) is 0 Å². The van der Waals surface area contributed by atoms with Gasteiger partial charge in [-0.25, -0.2) is 0 Å². The van der Waals surface area contributed by atoms with Crippen molar-refractivity contribution < 1.29 is 4.79 Å². The van der Waals surface area contributed by atoms with Crippen LogP contribution in [0.25, 0.3) is 0 Å². The van der Waals surface area contributed by atoms with Gasteiger partial charge >= 0.3 is 0 Å². The Kier molecular flexibility index (Phi) is 3.77. The number of amides is 1. The van der Waals surface area contributed by atoms with Gasteiger partial charge in [0.2, 0.25) is 5.91 Å². The van der Waals surface area contributed by atoms with E-state index in [1.165, 1.54) is 12.8 Å². The first-order chi connectivity index (χ1) is 12.2. The highest BCUT2D eigenvalue weighted by atomic mass is 35.5. The number of carbonyl (C=O) groups excluding carboxylic acids is 1. The molecule has 2 nitrogen and oxygen atoms in total. The highest BCUT2D eigenvalue weighted by Gasteiger charge is 2.64. The standard InChI is InChI=1S/C21H24Cl3NO/c1-20(2)18(14-4-3-5-15(22)16(14)23)25(19(20)26)17-12-6-11-7-13(17)10-21(24,8-11)9-12/h3-5,11-13,17-18H,6-10H2,1-2H3/t11?,12?,13?,17-,18?,21+. The predicted molar refractivity (Wildman–Crippen MR) is 106 cm³/mol. The van der Waals surface area contributed by atoms with E-state index in [0.717, 1.165) is 30.7 Å². The number of halogens is 3. The van der Waals surface area contributed by atoms with Crippen molar-refractivity contribution in [3.8, 4) is 0 Å². The topological polar surface area (TPSA) is 20.3 Å². The number of alkyl halides is 1. The van der Waals surface area contributed by atoms with Gasteiger partial charge in [0.25, 0.3) is 0 Å². The summed E-state index contributed by atoms with van der Waals surface area (Å²) in [6, 6.07) is 6.07. The molecule has 1 amide bonds. The Bertz CT molecular complexity index is 775. The Morgan fingerprint density at radius 3 is 2.35 bits per heavy atom. The molecule has 4 bridgehead atoms. The van der Waals surface area contributed by atoms with E-state index in [4.69, 9.17) is 34.8 Å². The summed E-state index contributed by atoms with van der Waals surface area (Å²) in [6.07, 6.45) is 5.70. The molecule has 4 saturated carbocycles. The summed E-state index contributed by atoms with van der Waals surface area (Å²) in [7, 11) is 0. The average molecular weight is 413 g/mol. The fourth-order valence-electron chi connectivity index (χ4n) is 6.78. The maximum absolute atomic E-state index is 13.2. The highest BCUT2D eigenvalue weighted by Crippen LogP contribution is 2.63. The number of hydrogen-bond donors (Lipinski definition) is 0. The smallest absolute Gasteiger partial charge is 0.231 e. The number of β-lactam (4-membered cyclic amide) rings is 1. The first-order valence-electron chi connectivity index (χ1n) is 9.67. The van der Waals surface area contributed by atoms with Gasteiger partial charge in [-0.1, -0.05) is 35.3 Å². The van der Waals surface area contributed by atoms with E-state index >= 15 is 0 Å². The van der Waals surface area contributed by atoms with Crippen LogP contribution >= 0.6 is 34.8 Å². The van der Waals surface area contributed by atoms with E-state index in [-0.39, 0.29) is 16.8 Å². The van der Waals surface area contributed by atoms with Gasteiger partial charge in [-0.15, -0.1) is 11.6 Å². The van der Waals surface area contributed by atoms with E-state index in [0.29, 0.717) is 27.9 Å². The Morgan fingerprint density at radius 2 is 1.73 bits per heavy atom. The molecule has 1 aliphatic heterocycles. The van der Waals surface area contributed by atoms with Gasteiger partial charge in [0, 0.05) is 10.9 Å². The molecule has 0 N–H and O–H groups in total. The number of rotatable bonds is 2.